The molecule has 3 aromatic rings. The number of aromatic amines is 1. The highest BCUT2D eigenvalue weighted by molar-refractivity contribution is 6.10. The number of benzene rings is 1. The van der Waals surface area contributed by atoms with Crippen molar-refractivity contribution in [3.8, 4) is 0 Å². The van der Waals surface area contributed by atoms with E-state index in [0.717, 1.165) is 12.1 Å². The smallest absolute Gasteiger partial charge is 0.383 e. The van der Waals surface area contributed by atoms with Crippen LogP contribution < -0.4 is 5.73 Å². The summed E-state index contributed by atoms with van der Waals surface area (Å²) >= 11 is 0. The van der Waals surface area contributed by atoms with Gasteiger partial charge in [-0.2, -0.15) is 13.2 Å². The number of nitrogens with zero attached hydrogens (tertiary/aromatic N) is 2. The molecule has 92 valence electrons. The summed E-state index contributed by atoms with van der Waals surface area (Å²) in [5.41, 5.74) is 5.75. The maximum Gasteiger partial charge on any atom is 0.416 e. The molecule has 0 bridgehead atoms. The number of anilines is 1. The van der Waals surface area contributed by atoms with Crippen molar-refractivity contribution >= 4 is 27.8 Å². The number of nitrogen functional groups attached to an aromatic ring is 1. The Morgan fingerprint density at radius 2 is 1.94 bits per heavy atom. The summed E-state index contributed by atoms with van der Waals surface area (Å²) in [6, 6.07) is 3.43. The van der Waals surface area contributed by atoms with Crippen LogP contribution >= 0.6 is 0 Å². The van der Waals surface area contributed by atoms with Crippen molar-refractivity contribution in [2.45, 2.75) is 6.18 Å². The van der Waals surface area contributed by atoms with Gasteiger partial charge in [-0.1, -0.05) is 6.07 Å². The predicted octanol–water partition coefficient (Wildman–Crippen LogP) is 2.71. The van der Waals surface area contributed by atoms with Crippen LogP contribution in [0.4, 0.5) is 19.0 Å². The number of aromatic nitrogens is 3. The molecule has 0 unspecified atom stereocenters. The molecular weight excluding hydrogens is 245 g/mol. The summed E-state index contributed by atoms with van der Waals surface area (Å²) in [6.07, 6.45) is -3.11. The van der Waals surface area contributed by atoms with Crippen LogP contribution in [-0.4, -0.2) is 15.0 Å². The lowest BCUT2D eigenvalue weighted by Gasteiger charge is -2.05. The van der Waals surface area contributed by atoms with Crippen molar-refractivity contribution in [2.75, 3.05) is 5.73 Å². The minimum atomic E-state index is -4.37. The average Bonchev–Trinajstić information content (AvgIpc) is 2.66. The van der Waals surface area contributed by atoms with E-state index in [4.69, 9.17) is 5.73 Å². The Kier molecular flexibility index (Phi) is 2.01. The largest absolute Gasteiger partial charge is 0.416 e. The monoisotopic (exact) mass is 252 g/mol. The molecule has 4 nitrogen and oxygen atoms in total. The maximum absolute atomic E-state index is 12.6. The van der Waals surface area contributed by atoms with Gasteiger partial charge < -0.3 is 10.7 Å². The third kappa shape index (κ3) is 1.47. The number of hydrogen-bond donors (Lipinski definition) is 2. The van der Waals surface area contributed by atoms with Gasteiger partial charge in [0.2, 0.25) is 0 Å². The topological polar surface area (TPSA) is 67.6 Å². The molecule has 0 amide bonds. The molecule has 0 saturated heterocycles. The molecule has 0 aliphatic rings. The van der Waals surface area contributed by atoms with Crippen LogP contribution in [0, 0.1) is 0 Å². The van der Waals surface area contributed by atoms with Gasteiger partial charge in [-0.3, -0.25) is 0 Å². The van der Waals surface area contributed by atoms with Gasteiger partial charge in [0, 0.05) is 10.9 Å². The molecule has 0 aliphatic heterocycles. The zero-order valence-corrected chi connectivity index (χ0v) is 8.92. The predicted molar refractivity (Wildman–Crippen MR) is 60.8 cm³/mol. The first-order chi connectivity index (χ1) is 8.47. The van der Waals surface area contributed by atoms with Gasteiger partial charge >= 0.3 is 6.18 Å². The fourth-order valence-corrected chi connectivity index (χ4v) is 1.93. The van der Waals surface area contributed by atoms with E-state index in [0.29, 0.717) is 21.9 Å². The van der Waals surface area contributed by atoms with Gasteiger partial charge in [-0.15, -0.1) is 0 Å². The highest BCUT2D eigenvalue weighted by atomic mass is 19.4. The highest BCUT2D eigenvalue weighted by Gasteiger charge is 2.30. The Hall–Kier alpha value is -2.31. The standard InChI is InChI=1S/C11H7F3N4/c12-11(13,14)5-1-2-6-7(3-5)18-10-8(6)9(15)16-4-17-10/h1-4H,(H3,15,16,17,18). The van der Waals surface area contributed by atoms with Crippen molar-refractivity contribution in [3.05, 3.63) is 30.1 Å². The van der Waals surface area contributed by atoms with Gasteiger partial charge in [-0.25, -0.2) is 9.97 Å². The molecule has 3 rings (SSSR count). The van der Waals surface area contributed by atoms with E-state index in [1.165, 1.54) is 12.4 Å². The lowest BCUT2D eigenvalue weighted by Crippen LogP contribution is -2.04. The Labute approximate surface area is 98.6 Å². The number of halogens is 3. The average molecular weight is 252 g/mol. The third-order valence-electron chi connectivity index (χ3n) is 2.75. The minimum Gasteiger partial charge on any atom is -0.383 e. The second-order valence-electron chi connectivity index (χ2n) is 3.87. The number of H-pyrrole nitrogens is 1. The summed E-state index contributed by atoms with van der Waals surface area (Å²) in [5.74, 6) is 0.242. The summed E-state index contributed by atoms with van der Waals surface area (Å²) < 4.78 is 37.8. The fourth-order valence-electron chi connectivity index (χ4n) is 1.93. The summed E-state index contributed by atoms with van der Waals surface area (Å²) in [4.78, 5) is 10.6. The van der Waals surface area contributed by atoms with Crippen molar-refractivity contribution < 1.29 is 13.2 Å². The van der Waals surface area contributed by atoms with Crippen molar-refractivity contribution in [1.82, 2.24) is 15.0 Å². The summed E-state index contributed by atoms with van der Waals surface area (Å²) in [7, 11) is 0. The van der Waals surface area contributed by atoms with E-state index < -0.39 is 11.7 Å². The molecule has 3 N–H and O–H groups in total. The van der Waals surface area contributed by atoms with E-state index in [-0.39, 0.29) is 5.82 Å². The van der Waals surface area contributed by atoms with Gasteiger partial charge in [0.15, 0.2) is 0 Å². The van der Waals surface area contributed by atoms with Crippen LogP contribution in [0.2, 0.25) is 0 Å². The number of rotatable bonds is 0. The lowest BCUT2D eigenvalue weighted by molar-refractivity contribution is -0.137. The van der Waals surface area contributed by atoms with Crippen LogP contribution in [0.1, 0.15) is 5.56 Å². The molecule has 0 radical (unpaired) electrons. The Morgan fingerprint density at radius 1 is 1.17 bits per heavy atom. The van der Waals surface area contributed by atoms with Gasteiger partial charge in [0.05, 0.1) is 10.9 Å². The minimum absolute atomic E-state index is 0.242. The zero-order chi connectivity index (χ0) is 12.9. The van der Waals surface area contributed by atoms with E-state index in [9.17, 15) is 13.2 Å². The molecule has 0 fully saturated rings. The van der Waals surface area contributed by atoms with Crippen LogP contribution in [0.15, 0.2) is 24.5 Å². The molecule has 1 aromatic carbocycles. The number of nitrogens with two attached hydrogens (primary N) is 1. The Balaban J connectivity index is 2.38. The first-order valence-electron chi connectivity index (χ1n) is 5.06. The number of nitrogens with one attached hydrogen (secondary N) is 1. The second kappa shape index (κ2) is 3.34. The molecule has 0 atom stereocenters. The van der Waals surface area contributed by atoms with Crippen molar-refractivity contribution in [2.24, 2.45) is 0 Å². The first kappa shape index (κ1) is 10.8. The molecule has 7 heteroatoms. The van der Waals surface area contributed by atoms with E-state index in [1.807, 2.05) is 0 Å². The summed E-state index contributed by atoms with van der Waals surface area (Å²) in [6.45, 7) is 0. The zero-order valence-electron chi connectivity index (χ0n) is 8.92. The molecule has 2 heterocycles. The summed E-state index contributed by atoms with van der Waals surface area (Å²) in [5, 5.41) is 1.12. The Morgan fingerprint density at radius 3 is 2.67 bits per heavy atom. The third-order valence-corrected chi connectivity index (χ3v) is 2.75. The normalized spacial score (nSPS) is 12.4. The molecular formula is C11H7F3N4. The highest BCUT2D eigenvalue weighted by Crippen LogP contribution is 2.34. The molecule has 0 aliphatic carbocycles. The number of hydrogen-bond acceptors (Lipinski definition) is 3. The first-order valence-corrected chi connectivity index (χ1v) is 5.06. The van der Waals surface area contributed by atoms with E-state index in [1.54, 1.807) is 0 Å². The molecule has 18 heavy (non-hydrogen) atoms. The van der Waals surface area contributed by atoms with Gasteiger partial charge in [0.1, 0.15) is 17.8 Å². The quantitative estimate of drug-likeness (QED) is 0.646. The lowest BCUT2D eigenvalue weighted by atomic mass is 10.1. The van der Waals surface area contributed by atoms with Crippen LogP contribution in [0.25, 0.3) is 21.9 Å². The van der Waals surface area contributed by atoms with Gasteiger partial charge in [0.25, 0.3) is 0 Å². The second-order valence-corrected chi connectivity index (χ2v) is 3.87. The van der Waals surface area contributed by atoms with E-state index >= 15 is 0 Å². The maximum atomic E-state index is 12.6. The van der Waals surface area contributed by atoms with Crippen LogP contribution in [0.3, 0.4) is 0 Å². The molecule has 2 aromatic heterocycles. The molecule has 0 spiro atoms. The fraction of sp³-hybridized carbons (Fsp3) is 0.0909. The van der Waals surface area contributed by atoms with Crippen LogP contribution in [-0.2, 0) is 6.18 Å². The number of alkyl halides is 3. The molecule has 0 saturated carbocycles. The van der Waals surface area contributed by atoms with E-state index in [2.05, 4.69) is 15.0 Å². The van der Waals surface area contributed by atoms with Crippen LogP contribution in [0.5, 0.6) is 0 Å². The Bertz CT molecular complexity index is 745. The van der Waals surface area contributed by atoms with Gasteiger partial charge in [-0.05, 0) is 12.1 Å². The van der Waals surface area contributed by atoms with Crippen molar-refractivity contribution in [3.63, 3.8) is 0 Å². The van der Waals surface area contributed by atoms with Crippen molar-refractivity contribution in [1.29, 1.82) is 0 Å². The number of fused-ring (bicyclic) bond motifs is 3. The SMILES string of the molecule is Nc1ncnc2[nH]c3cc(C(F)(F)F)ccc3c12.